The van der Waals surface area contributed by atoms with Gasteiger partial charge in [0.15, 0.2) is 5.82 Å². The largest absolute Gasteiger partial charge is 0.492 e. The minimum Gasteiger partial charge on any atom is -0.492 e. The predicted molar refractivity (Wildman–Crippen MR) is 227 cm³/mol. The Kier molecular flexibility index (Phi) is 9.95. The standard InChI is InChI=1S/C47H48ClF2N5O5/c48-20-17-36(32-7-3-1-4-8-32)41(33-9-5-2-6-10-33)34-11-13-35(14-12-34)60-28-27-52-21-18-31(19-22-52)30-53-23-25-54(26-24-53)39-29-37(49)42-43(44(39)50)47(59)55(46(42)58)38-15-16-40(56)51-45(38)57/h1-14,29,31,38H,15-28,30H2,(H,51,56,57)/i23D2,24D2,25D2,26D2. The van der Waals surface area contributed by atoms with E-state index in [1.807, 2.05) is 66.0 Å². The lowest BCUT2D eigenvalue weighted by Gasteiger charge is -2.39. The number of nitrogens with one attached hydrogen (secondary N) is 1. The number of piperazine rings is 1. The van der Waals surface area contributed by atoms with Crippen LogP contribution in [0.5, 0.6) is 5.75 Å². The molecule has 0 aliphatic carbocycles. The number of carbonyl (C=O) groups excluding carboxylic acids is 4. The molecule has 0 spiro atoms. The van der Waals surface area contributed by atoms with Crippen molar-refractivity contribution in [1.29, 1.82) is 0 Å². The molecular formula is C47H48ClF2N5O5. The molecule has 1 unspecified atom stereocenters. The molecule has 10 nitrogen and oxygen atoms in total. The number of fused-ring (bicyclic) bond motifs is 1. The van der Waals surface area contributed by atoms with Crippen molar-refractivity contribution < 1.29 is 43.7 Å². The third-order valence-electron chi connectivity index (χ3n) is 11.2. The Hall–Kier alpha value is -5.43. The smallest absolute Gasteiger partial charge is 0.265 e. The molecule has 4 aromatic carbocycles. The van der Waals surface area contributed by atoms with Crippen molar-refractivity contribution in [2.45, 2.75) is 38.1 Å². The maximum Gasteiger partial charge on any atom is 0.265 e. The molecule has 8 rings (SSSR count). The molecule has 4 amide bonds. The number of allylic oxidation sites excluding steroid dienone is 1. The lowest BCUT2D eigenvalue weighted by molar-refractivity contribution is -0.136. The van der Waals surface area contributed by atoms with Crippen molar-refractivity contribution in [2.75, 3.05) is 69.6 Å². The fourth-order valence-electron chi connectivity index (χ4n) is 8.15. The summed E-state index contributed by atoms with van der Waals surface area (Å²) in [5.74, 6) is -7.44. The zero-order valence-corrected chi connectivity index (χ0v) is 33.3. The first-order valence-corrected chi connectivity index (χ1v) is 20.4. The molecule has 4 aliphatic heterocycles. The SMILES string of the molecule is [2H]C1([2H])N(CC2CCN(CCOc3ccc(C(=C(CCCl)c4ccccc4)c4ccccc4)cc3)CC2)C([2H])([2H])C([2H])([2H])N(c2cc(F)c3c(c2F)C(=O)N(C2CCC(=O)NC2=O)C3=O)C1([2H])[2H]. The van der Waals surface area contributed by atoms with Crippen LogP contribution in [0.1, 0.15) is 80.5 Å². The molecule has 3 fully saturated rings. The summed E-state index contributed by atoms with van der Waals surface area (Å²) in [6, 6.07) is 26.7. The van der Waals surface area contributed by atoms with Crippen LogP contribution < -0.4 is 15.0 Å². The average Bonchev–Trinajstić information content (AvgIpc) is 3.57. The van der Waals surface area contributed by atoms with Gasteiger partial charge in [0.25, 0.3) is 11.8 Å². The molecule has 0 aromatic heterocycles. The number of rotatable bonds is 13. The number of imide groups is 2. The predicted octanol–water partition coefficient (Wildman–Crippen LogP) is 6.87. The first-order valence-electron chi connectivity index (χ1n) is 23.9. The Morgan fingerprint density at radius 3 is 2.07 bits per heavy atom. The highest BCUT2D eigenvalue weighted by Gasteiger charge is 2.48. The molecular weight excluding hydrogens is 788 g/mol. The topological polar surface area (TPSA) is 102 Å². The molecule has 312 valence electrons. The van der Waals surface area contributed by atoms with Crippen molar-refractivity contribution in [3.63, 3.8) is 0 Å². The second kappa shape index (κ2) is 18.5. The van der Waals surface area contributed by atoms with Crippen molar-refractivity contribution >= 4 is 52.1 Å². The second-order valence-corrected chi connectivity index (χ2v) is 15.3. The highest BCUT2D eigenvalue weighted by Crippen LogP contribution is 2.37. The number of benzene rings is 4. The van der Waals surface area contributed by atoms with E-state index in [1.165, 1.54) is 0 Å². The van der Waals surface area contributed by atoms with Crippen molar-refractivity contribution in [3.05, 3.63) is 130 Å². The molecule has 4 aromatic rings. The highest BCUT2D eigenvalue weighted by atomic mass is 35.5. The summed E-state index contributed by atoms with van der Waals surface area (Å²) in [4.78, 5) is 53.7. The number of amides is 4. The summed E-state index contributed by atoms with van der Waals surface area (Å²) < 4.78 is 110. The maximum atomic E-state index is 16.6. The highest BCUT2D eigenvalue weighted by molar-refractivity contribution is 6.24. The van der Waals surface area contributed by atoms with Crippen LogP contribution in [0.25, 0.3) is 11.1 Å². The fraction of sp³-hybridized carbons (Fsp3) is 0.362. The van der Waals surface area contributed by atoms with Gasteiger partial charge in [-0.3, -0.25) is 39.2 Å². The van der Waals surface area contributed by atoms with Crippen molar-refractivity contribution in [1.82, 2.24) is 20.0 Å². The number of ether oxygens (including phenoxy) is 1. The first kappa shape index (κ1) is 32.4. The third kappa shape index (κ3) is 8.73. The maximum absolute atomic E-state index is 16.6. The number of nitrogens with zero attached hydrogens (tertiary/aromatic N) is 4. The lowest BCUT2D eigenvalue weighted by atomic mass is 9.88. The van der Waals surface area contributed by atoms with Gasteiger partial charge in [-0.2, -0.15) is 0 Å². The first-order chi connectivity index (χ1) is 32.2. The molecule has 3 saturated heterocycles. The van der Waals surface area contributed by atoms with Gasteiger partial charge in [0, 0.05) is 62.9 Å². The Morgan fingerprint density at radius 1 is 0.783 bits per heavy atom. The average molecular weight is 844 g/mol. The summed E-state index contributed by atoms with van der Waals surface area (Å²) in [5.41, 5.74) is 1.61. The lowest BCUT2D eigenvalue weighted by Crippen LogP contribution is -2.54. The Labute approximate surface area is 365 Å². The number of alkyl halides is 1. The summed E-state index contributed by atoms with van der Waals surface area (Å²) in [5, 5.41) is 1.95. The van der Waals surface area contributed by atoms with Crippen LogP contribution in [-0.4, -0.2) is 109 Å². The van der Waals surface area contributed by atoms with Crippen LogP contribution >= 0.6 is 11.6 Å². The molecule has 0 radical (unpaired) electrons. The molecule has 1 atom stereocenters. The van der Waals surface area contributed by atoms with Gasteiger partial charge in [0.05, 0.1) is 22.3 Å². The van der Waals surface area contributed by atoms with E-state index in [1.54, 1.807) is 0 Å². The van der Waals surface area contributed by atoms with Gasteiger partial charge in [-0.1, -0.05) is 72.8 Å². The van der Waals surface area contributed by atoms with E-state index in [2.05, 4.69) is 29.2 Å². The van der Waals surface area contributed by atoms with Gasteiger partial charge in [0.2, 0.25) is 11.8 Å². The van der Waals surface area contributed by atoms with E-state index in [0.717, 1.165) is 27.8 Å². The van der Waals surface area contributed by atoms with E-state index in [-0.39, 0.29) is 28.7 Å². The Morgan fingerprint density at radius 2 is 1.42 bits per heavy atom. The molecule has 1 N–H and O–H groups in total. The minimum atomic E-state index is -3.62. The molecule has 60 heavy (non-hydrogen) atoms. The van der Waals surface area contributed by atoms with Gasteiger partial charge in [0.1, 0.15) is 24.2 Å². The summed E-state index contributed by atoms with van der Waals surface area (Å²) in [6.45, 7) is -12.6. The van der Waals surface area contributed by atoms with E-state index in [4.69, 9.17) is 27.3 Å². The Bertz CT molecular complexity index is 2610. The number of halogens is 3. The van der Waals surface area contributed by atoms with E-state index in [0.29, 0.717) is 62.0 Å². The zero-order chi connectivity index (χ0) is 48.9. The van der Waals surface area contributed by atoms with Crippen LogP contribution in [0.15, 0.2) is 91.0 Å². The molecule has 0 saturated carbocycles. The number of likely N-dealkylation sites (tertiary alicyclic amines) is 1. The minimum absolute atomic E-state index is 0.194. The van der Waals surface area contributed by atoms with Gasteiger partial charge in [-0.25, -0.2) is 8.78 Å². The van der Waals surface area contributed by atoms with E-state index < -0.39 is 96.6 Å². The number of anilines is 1. The fourth-order valence-corrected chi connectivity index (χ4v) is 8.34. The van der Waals surface area contributed by atoms with Crippen LogP contribution in [0, 0.1) is 17.6 Å². The molecule has 0 bridgehead atoms. The molecule has 4 aliphatic rings. The van der Waals surface area contributed by atoms with Crippen LogP contribution in [-0.2, 0) is 9.59 Å². The van der Waals surface area contributed by atoms with Gasteiger partial charge in [-0.15, -0.1) is 11.6 Å². The van der Waals surface area contributed by atoms with Gasteiger partial charge >= 0.3 is 0 Å². The summed E-state index contributed by atoms with van der Waals surface area (Å²) in [6.07, 6.45) is 0.862. The van der Waals surface area contributed by atoms with Crippen molar-refractivity contribution in [3.8, 4) is 5.75 Å². The summed E-state index contributed by atoms with van der Waals surface area (Å²) in [7, 11) is 0. The normalized spacial score (nSPS) is 25.0. The van der Waals surface area contributed by atoms with E-state index >= 15 is 8.78 Å². The van der Waals surface area contributed by atoms with Gasteiger partial charge < -0.3 is 9.64 Å². The Balaban J connectivity index is 0.928. The molecule has 13 heteroatoms. The van der Waals surface area contributed by atoms with Gasteiger partial charge in [-0.05, 0) is 84.7 Å². The summed E-state index contributed by atoms with van der Waals surface area (Å²) >= 11 is 6.31. The zero-order valence-electron chi connectivity index (χ0n) is 40.6. The number of hydrogen-bond donors (Lipinski definition) is 1. The quantitative estimate of drug-likeness (QED) is 0.0886. The number of carbonyl (C=O) groups is 4. The van der Waals surface area contributed by atoms with Crippen molar-refractivity contribution in [2.24, 2.45) is 5.92 Å². The number of piperidine rings is 2. The van der Waals surface area contributed by atoms with E-state index in [9.17, 15) is 19.2 Å². The van der Waals surface area contributed by atoms with Crippen LogP contribution in [0.3, 0.4) is 0 Å². The second-order valence-electron chi connectivity index (χ2n) is 15.0. The van der Waals surface area contributed by atoms with Crippen LogP contribution in [0.4, 0.5) is 14.5 Å². The van der Waals surface area contributed by atoms with Crippen LogP contribution in [0.2, 0.25) is 0 Å². The number of hydrogen-bond acceptors (Lipinski definition) is 8. The molecule has 4 heterocycles. The third-order valence-corrected chi connectivity index (χ3v) is 11.4. The monoisotopic (exact) mass is 843 g/mol.